The van der Waals surface area contributed by atoms with Crippen LogP contribution >= 0.6 is 11.8 Å². The van der Waals surface area contributed by atoms with Crippen LogP contribution in [0, 0.1) is 5.82 Å². The molecule has 1 heterocycles. The standard InChI is InChI=1S/C20H20FN3O3S/c1-13(27-17-6-4-5-16(11-17)26-3)19-22-23-20(24(19)2)28-12-18(25)14-7-9-15(21)10-8-14/h4-11,13H,12H2,1-3H3. The molecule has 0 amide bonds. The van der Waals surface area contributed by atoms with Crippen LogP contribution in [-0.4, -0.2) is 33.4 Å². The van der Waals surface area contributed by atoms with Crippen LogP contribution in [-0.2, 0) is 7.05 Å². The third-order valence-electron chi connectivity index (χ3n) is 4.08. The van der Waals surface area contributed by atoms with Crippen molar-refractivity contribution in [2.45, 2.75) is 18.2 Å². The fraction of sp³-hybridized carbons (Fsp3) is 0.250. The summed E-state index contributed by atoms with van der Waals surface area (Å²) in [5.41, 5.74) is 0.464. The SMILES string of the molecule is COc1cccc(OC(C)c2nnc(SCC(=O)c3ccc(F)cc3)n2C)c1. The fourth-order valence-corrected chi connectivity index (χ4v) is 3.40. The van der Waals surface area contributed by atoms with Gasteiger partial charge in [-0.15, -0.1) is 10.2 Å². The molecule has 0 saturated carbocycles. The number of aromatic nitrogens is 3. The number of Topliss-reactive ketones (excluding diaryl/α,β-unsaturated/α-hetero) is 1. The molecule has 8 heteroatoms. The van der Waals surface area contributed by atoms with Gasteiger partial charge in [0.05, 0.1) is 12.9 Å². The second-order valence-corrected chi connectivity index (χ2v) is 7.00. The van der Waals surface area contributed by atoms with Crippen molar-refractivity contribution in [1.29, 1.82) is 0 Å². The first-order valence-electron chi connectivity index (χ1n) is 8.59. The molecule has 2 aromatic carbocycles. The molecule has 0 saturated heterocycles. The maximum atomic E-state index is 13.0. The summed E-state index contributed by atoms with van der Waals surface area (Å²) < 4.78 is 25.9. The molecule has 3 rings (SSSR count). The molecule has 1 atom stereocenters. The van der Waals surface area contributed by atoms with Crippen molar-refractivity contribution in [3.8, 4) is 11.5 Å². The van der Waals surface area contributed by atoms with Crippen LogP contribution in [0.1, 0.15) is 29.2 Å². The van der Waals surface area contributed by atoms with Crippen molar-refractivity contribution in [3.05, 3.63) is 65.7 Å². The van der Waals surface area contributed by atoms with Gasteiger partial charge >= 0.3 is 0 Å². The van der Waals surface area contributed by atoms with Crippen molar-refractivity contribution < 1.29 is 18.7 Å². The molecule has 0 bridgehead atoms. The monoisotopic (exact) mass is 401 g/mol. The molecule has 1 aromatic heterocycles. The lowest BCUT2D eigenvalue weighted by Gasteiger charge is -2.14. The molecule has 0 aliphatic carbocycles. The Hall–Kier alpha value is -2.87. The number of halogens is 1. The molecule has 1 unspecified atom stereocenters. The van der Waals surface area contributed by atoms with E-state index in [9.17, 15) is 9.18 Å². The number of ketones is 1. The van der Waals surface area contributed by atoms with E-state index in [1.165, 1.54) is 36.0 Å². The normalized spacial score (nSPS) is 11.9. The van der Waals surface area contributed by atoms with Crippen LogP contribution in [0.15, 0.2) is 53.7 Å². The van der Waals surface area contributed by atoms with Crippen molar-refractivity contribution in [2.24, 2.45) is 7.05 Å². The molecular formula is C20H20FN3O3S. The van der Waals surface area contributed by atoms with E-state index in [2.05, 4.69) is 10.2 Å². The summed E-state index contributed by atoms with van der Waals surface area (Å²) in [4.78, 5) is 12.2. The highest BCUT2D eigenvalue weighted by Crippen LogP contribution is 2.26. The fourth-order valence-electron chi connectivity index (χ4n) is 2.59. The minimum atomic E-state index is -0.368. The van der Waals surface area contributed by atoms with Gasteiger partial charge in [-0.3, -0.25) is 4.79 Å². The minimum absolute atomic E-state index is 0.102. The number of carbonyl (C=O) groups excluding carboxylic acids is 1. The Labute approximate surface area is 166 Å². The second kappa shape index (κ2) is 8.88. The topological polar surface area (TPSA) is 66.2 Å². The summed E-state index contributed by atoms with van der Waals surface area (Å²) in [7, 11) is 3.42. The lowest BCUT2D eigenvalue weighted by molar-refractivity contribution is 0.102. The van der Waals surface area contributed by atoms with Gasteiger partial charge in [-0.2, -0.15) is 0 Å². The number of ether oxygens (including phenoxy) is 2. The number of rotatable bonds is 8. The smallest absolute Gasteiger partial charge is 0.191 e. The molecule has 0 N–H and O–H groups in total. The minimum Gasteiger partial charge on any atom is -0.497 e. The van der Waals surface area contributed by atoms with Crippen LogP contribution in [0.3, 0.4) is 0 Å². The van der Waals surface area contributed by atoms with E-state index in [0.29, 0.717) is 28.0 Å². The van der Waals surface area contributed by atoms with Crippen LogP contribution < -0.4 is 9.47 Å². The Balaban J connectivity index is 1.64. The van der Waals surface area contributed by atoms with Crippen molar-refractivity contribution in [2.75, 3.05) is 12.9 Å². The van der Waals surface area contributed by atoms with Crippen molar-refractivity contribution in [1.82, 2.24) is 14.8 Å². The van der Waals surface area contributed by atoms with Gasteiger partial charge in [0.2, 0.25) is 0 Å². The summed E-state index contributed by atoms with van der Waals surface area (Å²) in [6.07, 6.45) is -0.341. The van der Waals surface area contributed by atoms with Gasteiger partial charge in [0.1, 0.15) is 17.3 Å². The molecule has 0 radical (unpaired) electrons. The van der Waals surface area contributed by atoms with Gasteiger partial charge in [-0.1, -0.05) is 17.8 Å². The Bertz CT molecular complexity index is 960. The molecule has 146 valence electrons. The van der Waals surface area contributed by atoms with E-state index < -0.39 is 0 Å². The lowest BCUT2D eigenvalue weighted by atomic mass is 10.1. The van der Waals surface area contributed by atoms with Crippen LogP contribution in [0.4, 0.5) is 4.39 Å². The van der Waals surface area contributed by atoms with Gasteiger partial charge in [-0.05, 0) is 43.3 Å². The Morgan fingerprint density at radius 1 is 1.18 bits per heavy atom. The van der Waals surface area contributed by atoms with Crippen molar-refractivity contribution in [3.63, 3.8) is 0 Å². The van der Waals surface area contributed by atoms with Crippen LogP contribution in [0.25, 0.3) is 0 Å². The molecular weight excluding hydrogens is 381 g/mol. The van der Waals surface area contributed by atoms with E-state index in [4.69, 9.17) is 9.47 Å². The van der Waals surface area contributed by atoms with Crippen molar-refractivity contribution >= 4 is 17.5 Å². The summed E-state index contributed by atoms with van der Waals surface area (Å²) >= 11 is 1.28. The van der Waals surface area contributed by atoms with Crippen LogP contribution in [0.5, 0.6) is 11.5 Å². The maximum Gasteiger partial charge on any atom is 0.191 e. The number of hydrogen-bond donors (Lipinski definition) is 0. The molecule has 28 heavy (non-hydrogen) atoms. The van der Waals surface area contributed by atoms with Crippen LogP contribution in [0.2, 0.25) is 0 Å². The molecule has 0 spiro atoms. The summed E-state index contributed by atoms with van der Waals surface area (Å²) in [6, 6.07) is 12.8. The zero-order valence-electron chi connectivity index (χ0n) is 15.8. The third-order valence-corrected chi connectivity index (χ3v) is 5.11. The highest BCUT2D eigenvalue weighted by Gasteiger charge is 2.18. The molecule has 0 aliphatic heterocycles. The highest BCUT2D eigenvalue weighted by molar-refractivity contribution is 7.99. The average Bonchev–Trinajstić information content (AvgIpc) is 3.07. The largest absolute Gasteiger partial charge is 0.497 e. The quantitative estimate of drug-likeness (QED) is 0.419. The Morgan fingerprint density at radius 2 is 1.89 bits per heavy atom. The lowest BCUT2D eigenvalue weighted by Crippen LogP contribution is -2.10. The zero-order valence-corrected chi connectivity index (χ0v) is 16.6. The van der Waals surface area contributed by atoms with E-state index in [-0.39, 0.29) is 23.5 Å². The molecule has 0 fully saturated rings. The van der Waals surface area contributed by atoms with Gasteiger partial charge in [-0.25, -0.2) is 4.39 Å². The summed E-state index contributed by atoms with van der Waals surface area (Å²) in [5.74, 6) is 1.72. The number of benzene rings is 2. The molecule has 3 aromatic rings. The number of carbonyl (C=O) groups is 1. The highest BCUT2D eigenvalue weighted by atomic mass is 32.2. The van der Waals surface area contributed by atoms with Gasteiger partial charge in [0.15, 0.2) is 22.9 Å². The van der Waals surface area contributed by atoms with E-state index in [0.717, 1.165) is 0 Å². The Morgan fingerprint density at radius 3 is 2.61 bits per heavy atom. The summed E-state index contributed by atoms with van der Waals surface area (Å²) in [6.45, 7) is 1.88. The number of thioether (sulfide) groups is 1. The molecule has 0 aliphatic rings. The first-order chi connectivity index (χ1) is 13.5. The van der Waals surface area contributed by atoms with Gasteiger partial charge in [0.25, 0.3) is 0 Å². The third kappa shape index (κ3) is 4.69. The van der Waals surface area contributed by atoms with Gasteiger partial charge < -0.3 is 14.0 Å². The predicted octanol–water partition coefficient (Wildman–Crippen LogP) is 4.08. The number of nitrogens with zero attached hydrogens (tertiary/aromatic N) is 3. The number of methoxy groups -OCH3 is 1. The van der Waals surface area contributed by atoms with E-state index in [1.54, 1.807) is 17.7 Å². The van der Waals surface area contributed by atoms with E-state index >= 15 is 0 Å². The molecule has 6 nitrogen and oxygen atoms in total. The predicted molar refractivity (Wildman–Crippen MR) is 104 cm³/mol. The second-order valence-electron chi connectivity index (χ2n) is 6.06. The first kappa shape index (κ1) is 19.9. The Kier molecular flexibility index (Phi) is 6.30. The zero-order chi connectivity index (χ0) is 20.1. The first-order valence-corrected chi connectivity index (χ1v) is 9.58. The average molecular weight is 401 g/mol. The summed E-state index contributed by atoms with van der Waals surface area (Å²) in [5, 5.41) is 8.95. The number of hydrogen-bond acceptors (Lipinski definition) is 6. The van der Waals surface area contributed by atoms with E-state index in [1.807, 2.05) is 32.2 Å². The van der Waals surface area contributed by atoms with Gasteiger partial charge in [0, 0.05) is 18.7 Å². The maximum absolute atomic E-state index is 13.0.